The normalized spacial score (nSPS) is 33.1. The highest BCUT2D eigenvalue weighted by Gasteiger charge is 2.19. The van der Waals surface area contributed by atoms with Gasteiger partial charge in [-0.25, -0.2) is 0 Å². The first-order chi connectivity index (χ1) is 4.63. The highest BCUT2D eigenvalue weighted by Crippen LogP contribution is 2.24. The third-order valence-electron chi connectivity index (χ3n) is 1.82. The molecule has 0 saturated carbocycles. The molecule has 2 unspecified atom stereocenters. The topological polar surface area (TPSA) is 52.0 Å². The van der Waals surface area contributed by atoms with Gasteiger partial charge in [-0.05, 0) is 12.2 Å². The van der Waals surface area contributed by atoms with E-state index in [1.165, 1.54) is 0 Å². The smallest absolute Gasteiger partial charge is 0.0442 e. The van der Waals surface area contributed by atoms with Crippen molar-refractivity contribution in [2.75, 3.05) is 0 Å². The molecule has 0 amide bonds. The molecule has 1 aliphatic rings. The van der Waals surface area contributed by atoms with E-state index < -0.39 is 0 Å². The van der Waals surface area contributed by atoms with Crippen LogP contribution in [0.15, 0.2) is 22.3 Å². The van der Waals surface area contributed by atoms with Gasteiger partial charge in [-0.3, -0.25) is 0 Å². The molecular weight excluding hydrogens is 192 g/mol. The van der Waals surface area contributed by atoms with Crippen molar-refractivity contribution in [1.82, 2.24) is 0 Å². The van der Waals surface area contributed by atoms with Gasteiger partial charge in [-0.1, -0.05) is 22.9 Å². The lowest BCUT2D eigenvalue weighted by Gasteiger charge is -2.23. The average molecular weight is 203 g/mol. The fraction of sp³-hybridized carbons (Fsp3) is 0.429. The van der Waals surface area contributed by atoms with Gasteiger partial charge in [0.1, 0.15) is 0 Å². The molecule has 0 saturated heterocycles. The maximum atomic E-state index is 5.78. The molecule has 0 aromatic carbocycles. The zero-order valence-corrected chi connectivity index (χ0v) is 7.43. The van der Waals surface area contributed by atoms with E-state index in [0.29, 0.717) is 0 Å². The third-order valence-corrected chi connectivity index (χ3v) is 2.61. The summed E-state index contributed by atoms with van der Waals surface area (Å²) in [5, 5.41) is 0. The van der Waals surface area contributed by atoms with Crippen LogP contribution in [0, 0.1) is 5.92 Å². The summed E-state index contributed by atoms with van der Waals surface area (Å²) in [5.74, 6) is 0.249. The second-order valence-corrected chi connectivity index (χ2v) is 3.45. The SMILES string of the molecule is CC1C(N)=CC=C(Br)C1N. The Kier molecular flexibility index (Phi) is 2.16. The molecule has 1 aliphatic carbocycles. The second kappa shape index (κ2) is 2.76. The van der Waals surface area contributed by atoms with E-state index in [4.69, 9.17) is 11.5 Å². The van der Waals surface area contributed by atoms with Gasteiger partial charge in [0.2, 0.25) is 0 Å². The van der Waals surface area contributed by atoms with E-state index in [9.17, 15) is 0 Å². The third kappa shape index (κ3) is 1.25. The lowest BCUT2D eigenvalue weighted by atomic mass is 9.95. The Morgan fingerprint density at radius 3 is 2.60 bits per heavy atom. The highest BCUT2D eigenvalue weighted by atomic mass is 79.9. The summed E-state index contributed by atoms with van der Waals surface area (Å²) in [5.41, 5.74) is 12.3. The van der Waals surface area contributed by atoms with Crippen molar-refractivity contribution in [3.8, 4) is 0 Å². The number of nitrogens with two attached hydrogens (primary N) is 2. The van der Waals surface area contributed by atoms with Crippen LogP contribution in [0.25, 0.3) is 0 Å². The van der Waals surface area contributed by atoms with Gasteiger partial charge in [0.15, 0.2) is 0 Å². The van der Waals surface area contributed by atoms with Gasteiger partial charge in [-0.15, -0.1) is 0 Å². The van der Waals surface area contributed by atoms with Crippen LogP contribution >= 0.6 is 15.9 Å². The molecule has 2 atom stereocenters. The van der Waals surface area contributed by atoms with Crippen molar-refractivity contribution in [3.05, 3.63) is 22.3 Å². The van der Waals surface area contributed by atoms with Gasteiger partial charge in [0.25, 0.3) is 0 Å². The van der Waals surface area contributed by atoms with Crippen molar-refractivity contribution in [3.63, 3.8) is 0 Å². The molecule has 0 radical (unpaired) electrons. The summed E-state index contributed by atoms with van der Waals surface area (Å²) in [6.45, 7) is 2.02. The minimum absolute atomic E-state index is 0.0324. The second-order valence-electron chi connectivity index (χ2n) is 2.53. The molecule has 0 aromatic rings. The molecule has 0 spiro atoms. The summed E-state index contributed by atoms with van der Waals surface area (Å²) in [4.78, 5) is 0. The molecule has 56 valence electrons. The van der Waals surface area contributed by atoms with Crippen LogP contribution in [-0.4, -0.2) is 6.04 Å². The number of hydrogen-bond donors (Lipinski definition) is 2. The van der Waals surface area contributed by atoms with Gasteiger partial charge in [-0.2, -0.15) is 0 Å². The fourth-order valence-corrected chi connectivity index (χ4v) is 1.41. The minimum atomic E-state index is 0.0324. The Hall–Kier alpha value is -0.280. The highest BCUT2D eigenvalue weighted by molar-refractivity contribution is 9.11. The maximum Gasteiger partial charge on any atom is 0.0442 e. The van der Waals surface area contributed by atoms with Crippen molar-refractivity contribution in [1.29, 1.82) is 0 Å². The summed E-state index contributed by atoms with van der Waals surface area (Å²) in [6, 6.07) is 0.0324. The number of hydrogen-bond acceptors (Lipinski definition) is 2. The van der Waals surface area contributed by atoms with Crippen LogP contribution in [0.2, 0.25) is 0 Å². The Balaban J connectivity index is 2.86. The van der Waals surface area contributed by atoms with Gasteiger partial charge < -0.3 is 11.5 Å². The number of allylic oxidation sites excluding steroid dienone is 2. The number of rotatable bonds is 0. The largest absolute Gasteiger partial charge is 0.402 e. The minimum Gasteiger partial charge on any atom is -0.402 e. The Labute approximate surface area is 69.1 Å². The predicted octanol–water partition coefficient (Wildman–Crippen LogP) is 1.08. The average Bonchev–Trinajstić information content (AvgIpc) is 1.93. The summed E-state index contributed by atoms with van der Waals surface area (Å²) in [6.07, 6.45) is 3.79. The lowest BCUT2D eigenvalue weighted by molar-refractivity contribution is 0.579. The van der Waals surface area contributed by atoms with E-state index in [1.807, 2.05) is 19.1 Å². The quantitative estimate of drug-likeness (QED) is 0.619. The predicted molar refractivity (Wildman–Crippen MR) is 46.4 cm³/mol. The standard InChI is InChI=1S/C7H11BrN2/c1-4-6(9)3-2-5(8)7(4)10/h2-4,7H,9-10H2,1H3. The molecule has 0 bridgehead atoms. The maximum absolute atomic E-state index is 5.78. The van der Waals surface area contributed by atoms with Crippen LogP contribution in [0.3, 0.4) is 0 Å². The van der Waals surface area contributed by atoms with Crippen molar-refractivity contribution < 1.29 is 0 Å². The molecule has 3 heteroatoms. The van der Waals surface area contributed by atoms with Crippen molar-refractivity contribution in [2.24, 2.45) is 17.4 Å². The lowest BCUT2D eigenvalue weighted by Crippen LogP contribution is -2.33. The van der Waals surface area contributed by atoms with E-state index in [1.54, 1.807) is 0 Å². The molecule has 2 nitrogen and oxygen atoms in total. The van der Waals surface area contributed by atoms with Gasteiger partial charge in [0.05, 0.1) is 0 Å². The number of halogens is 1. The fourth-order valence-electron chi connectivity index (χ4n) is 0.885. The first kappa shape index (κ1) is 7.82. The first-order valence-corrected chi connectivity index (χ1v) is 4.00. The van der Waals surface area contributed by atoms with E-state index in [2.05, 4.69) is 15.9 Å². The van der Waals surface area contributed by atoms with Gasteiger partial charge >= 0.3 is 0 Å². The van der Waals surface area contributed by atoms with Crippen LogP contribution < -0.4 is 11.5 Å². The van der Waals surface area contributed by atoms with Crippen LogP contribution in [0.4, 0.5) is 0 Å². The zero-order valence-electron chi connectivity index (χ0n) is 5.84. The molecule has 1 rings (SSSR count). The van der Waals surface area contributed by atoms with E-state index >= 15 is 0 Å². The van der Waals surface area contributed by atoms with Crippen LogP contribution in [0.5, 0.6) is 0 Å². The molecule has 0 fully saturated rings. The van der Waals surface area contributed by atoms with Crippen LogP contribution in [-0.2, 0) is 0 Å². The molecule has 0 aliphatic heterocycles. The Morgan fingerprint density at radius 2 is 2.10 bits per heavy atom. The Morgan fingerprint density at radius 1 is 1.50 bits per heavy atom. The molecule has 10 heavy (non-hydrogen) atoms. The monoisotopic (exact) mass is 202 g/mol. The van der Waals surface area contributed by atoms with Gasteiger partial charge in [0, 0.05) is 22.1 Å². The summed E-state index contributed by atoms with van der Waals surface area (Å²) >= 11 is 3.36. The summed E-state index contributed by atoms with van der Waals surface area (Å²) in [7, 11) is 0. The van der Waals surface area contributed by atoms with E-state index in [-0.39, 0.29) is 12.0 Å². The zero-order chi connectivity index (χ0) is 7.72. The van der Waals surface area contributed by atoms with E-state index in [0.717, 1.165) is 10.2 Å². The van der Waals surface area contributed by atoms with Crippen molar-refractivity contribution in [2.45, 2.75) is 13.0 Å². The van der Waals surface area contributed by atoms with Crippen LogP contribution in [0.1, 0.15) is 6.92 Å². The van der Waals surface area contributed by atoms with Crippen molar-refractivity contribution >= 4 is 15.9 Å². The molecule has 0 heterocycles. The summed E-state index contributed by atoms with van der Waals surface area (Å²) < 4.78 is 1.02. The molecule has 4 N–H and O–H groups in total. The molecule has 0 aromatic heterocycles. The first-order valence-electron chi connectivity index (χ1n) is 3.21. The Bertz CT molecular complexity index is 174. The molecular formula is C7H11BrN2.